The fourth-order valence-electron chi connectivity index (χ4n) is 3.40. The number of nitrogens with zero attached hydrogens (tertiary/aromatic N) is 1. The highest BCUT2D eigenvalue weighted by Crippen LogP contribution is 2.50. The molecule has 1 atom stereocenters. The van der Waals surface area contributed by atoms with E-state index in [4.69, 9.17) is 9.26 Å². The molecule has 0 fully saturated rings. The zero-order chi connectivity index (χ0) is 28.6. The van der Waals surface area contributed by atoms with Crippen molar-refractivity contribution >= 4 is 45.2 Å². The molecule has 2 N–H and O–H groups in total. The van der Waals surface area contributed by atoms with Crippen molar-refractivity contribution in [2.45, 2.75) is 12.3 Å². The van der Waals surface area contributed by atoms with E-state index >= 15 is 0 Å². The second kappa shape index (κ2) is 13.8. The van der Waals surface area contributed by atoms with Gasteiger partial charge in [0.1, 0.15) is 11.6 Å². The number of rotatable bonds is 13. The van der Waals surface area contributed by atoms with Crippen LogP contribution in [0.5, 0.6) is 11.5 Å². The van der Waals surface area contributed by atoms with Crippen LogP contribution in [0.2, 0.25) is 0 Å². The summed E-state index contributed by atoms with van der Waals surface area (Å²) in [6.45, 7) is 0.0757. The lowest BCUT2D eigenvalue weighted by Gasteiger charge is -2.27. The lowest BCUT2D eigenvalue weighted by atomic mass is 10.1. The predicted molar refractivity (Wildman–Crippen MR) is 146 cm³/mol. The summed E-state index contributed by atoms with van der Waals surface area (Å²) in [5.41, 5.74) is 0.0574. The zero-order valence-corrected chi connectivity index (χ0v) is 24.0. The van der Waals surface area contributed by atoms with E-state index in [-0.39, 0.29) is 18.8 Å². The summed E-state index contributed by atoms with van der Waals surface area (Å²) in [6.07, 6.45) is -7.74. The molecule has 0 aliphatic carbocycles. The van der Waals surface area contributed by atoms with Crippen molar-refractivity contribution in [3.05, 3.63) is 88.2 Å². The maximum absolute atomic E-state index is 14.1. The summed E-state index contributed by atoms with van der Waals surface area (Å²) in [7, 11) is -4.21. The van der Waals surface area contributed by atoms with Crippen LogP contribution in [0.1, 0.15) is 11.7 Å². The minimum absolute atomic E-state index is 0.0379. The topological polar surface area (TPSA) is 103 Å². The summed E-state index contributed by atoms with van der Waals surface area (Å²) < 4.78 is 79.7. The number of hydrogen-bond acceptors (Lipinski definition) is 5. The highest BCUT2D eigenvalue weighted by molar-refractivity contribution is 9.09. The molecule has 0 saturated heterocycles. The van der Waals surface area contributed by atoms with Gasteiger partial charge in [-0.3, -0.25) is 19.2 Å². The Labute approximate surface area is 238 Å². The number of benzene rings is 3. The lowest BCUT2D eigenvalue weighted by Crippen LogP contribution is -2.32. The molecule has 3 aromatic carbocycles. The maximum Gasteiger partial charge on any atom is 0.419 e. The number of ether oxygens (including phenoxy) is 1. The third-order valence-electron chi connectivity index (χ3n) is 5.10. The first-order chi connectivity index (χ1) is 18.5. The van der Waals surface area contributed by atoms with E-state index in [0.717, 1.165) is 18.2 Å². The van der Waals surface area contributed by atoms with Crippen molar-refractivity contribution in [1.82, 2.24) is 10.2 Å². The standard InChI is InChI=1S/C24H22Br2F4N3O5P/c25-10-12-31-39(36,32-13-11-26)38-23(24(28,29)30)18-6-9-21(33(34)35)22(15-18)37-20-3-1-2-17(14-20)16-4-7-19(27)8-5-16/h1-9,14-15,23H,10-13H2,(H2,31,32,36). The van der Waals surface area contributed by atoms with E-state index in [9.17, 15) is 32.2 Å². The first kappa shape index (κ1) is 31.2. The van der Waals surface area contributed by atoms with Gasteiger partial charge >= 0.3 is 19.5 Å². The van der Waals surface area contributed by atoms with E-state index in [0.29, 0.717) is 21.8 Å². The van der Waals surface area contributed by atoms with Crippen LogP contribution in [0, 0.1) is 15.9 Å². The van der Waals surface area contributed by atoms with Gasteiger partial charge in [-0.2, -0.15) is 13.2 Å². The molecular weight excluding hydrogens is 677 g/mol. The van der Waals surface area contributed by atoms with Crippen molar-refractivity contribution in [1.29, 1.82) is 0 Å². The normalized spacial score (nSPS) is 12.8. The summed E-state index contributed by atoms with van der Waals surface area (Å²) in [5, 5.41) is 17.1. The Hall–Kier alpha value is -2.35. The summed E-state index contributed by atoms with van der Waals surface area (Å²) in [5.74, 6) is -0.831. The van der Waals surface area contributed by atoms with Crippen molar-refractivity contribution in [2.24, 2.45) is 0 Å². The van der Waals surface area contributed by atoms with E-state index in [1.165, 1.54) is 36.4 Å². The van der Waals surface area contributed by atoms with E-state index in [1.807, 2.05) is 0 Å². The Balaban J connectivity index is 2.00. The molecule has 0 heterocycles. The quantitative estimate of drug-likeness (QED) is 0.0615. The summed E-state index contributed by atoms with van der Waals surface area (Å²) in [6, 6.07) is 14.4. The van der Waals surface area contributed by atoms with Gasteiger partial charge in [0, 0.05) is 29.8 Å². The van der Waals surface area contributed by atoms with Crippen LogP contribution in [0.25, 0.3) is 11.1 Å². The van der Waals surface area contributed by atoms with Crippen molar-refractivity contribution in [3.63, 3.8) is 0 Å². The number of nitro benzene ring substituents is 1. The second-order valence-corrected chi connectivity index (χ2v) is 11.4. The van der Waals surface area contributed by atoms with Crippen molar-refractivity contribution < 1.29 is 36.3 Å². The molecule has 0 spiro atoms. The Bertz CT molecular complexity index is 1320. The first-order valence-corrected chi connectivity index (χ1v) is 15.1. The molecule has 0 saturated carbocycles. The molecular formula is C24H22Br2F4N3O5P. The number of alkyl halides is 5. The van der Waals surface area contributed by atoms with E-state index in [1.54, 1.807) is 12.1 Å². The lowest BCUT2D eigenvalue weighted by molar-refractivity contribution is -0.385. The average molecular weight is 699 g/mol. The average Bonchev–Trinajstić information content (AvgIpc) is 2.89. The number of nitrogens with one attached hydrogen (secondary N) is 2. The van der Waals surface area contributed by atoms with Crippen LogP contribution in [-0.4, -0.2) is 34.8 Å². The van der Waals surface area contributed by atoms with Gasteiger partial charge in [-0.15, -0.1) is 0 Å². The van der Waals surface area contributed by atoms with Gasteiger partial charge in [-0.05, 0) is 53.1 Å². The van der Waals surface area contributed by atoms with Gasteiger partial charge in [0.05, 0.1) is 4.92 Å². The molecule has 0 aliphatic heterocycles. The summed E-state index contributed by atoms with van der Waals surface area (Å²) in [4.78, 5) is 10.8. The fourth-order valence-corrected chi connectivity index (χ4v) is 6.02. The Morgan fingerprint density at radius 3 is 2.15 bits per heavy atom. The molecule has 0 amide bonds. The smallest absolute Gasteiger partial charge is 0.419 e. The van der Waals surface area contributed by atoms with Gasteiger partial charge in [0.25, 0.3) is 0 Å². The molecule has 3 rings (SSSR count). The van der Waals surface area contributed by atoms with Crippen LogP contribution in [-0.2, 0) is 9.09 Å². The second-order valence-electron chi connectivity index (χ2n) is 7.89. The molecule has 3 aromatic rings. The number of nitro groups is 1. The van der Waals surface area contributed by atoms with Crippen LogP contribution in [0.15, 0.2) is 66.7 Å². The Morgan fingerprint density at radius 2 is 1.59 bits per heavy atom. The third-order valence-corrected chi connectivity index (χ3v) is 7.68. The summed E-state index contributed by atoms with van der Waals surface area (Å²) >= 11 is 6.22. The van der Waals surface area contributed by atoms with Gasteiger partial charge in [0.15, 0.2) is 6.10 Å². The van der Waals surface area contributed by atoms with Gasteiger partial charge in [0.2, 0.25) is 5.75 Å². The maximum atomic E-state index is 14.1. The third kappa shape index (κ3) is 8.82. The van der Waals surface area contributed by atoms with Crippen LogP contribution in [0.3, 0.4) is 0 Å². The molecule has 0 bridgehead atoms. The monoisotopic (exact) mass is 697 g/mol. The highest BCUT2D eigenvalue weighted by Gasteiger charge is 2.46. The Morgan fingerprint density at radius 1 is 0.949 bits per heavy atom. The zero-order valence-electron chi connectivity index (χ0n) is 20.0. The fraction of sp³-hybridized carbons (Fsp3) is 0.250. The molecule has 0 radical (unpaired) electrons. The molecule has 15 heteroatoms. The largest absolute Gasteiger partial charge is 0.450 e. The van der Waals surface area contributed by atoms with Crippen molar-refractivity contribution in [2.75, 3.05) is 23.7 Å². The number of hydrogen-bond donors (Lipinski definition) is 2. The predicted octanol–water partition coefficient (Wildman–Crippen LogP) is 7.89. The number of halogens is 6. The SMILES string of the molecule is O=[N+]([O-])c1ccc(C(OP(=O)(NCCBr)NCCBr)C(F)(F)F)cc1Oc1cccc(-c2ccc(F)cc2)c1. The Kier molecular flexibility index (Phi) is 11.1. The molecule has 1 unspecified atom stereocenters. The first-order valence-electron chi connectivity index (χ1n) is 11.3. The minimum atomic E-state index is -5.03. The van der Waals surface area contributed by atoms with Crippen LogP contribution >= 0.6 is 39.5 Å². The van der Waals surface area contributed by atoms with Crippen LogP contribution < -0.4 is 14.9 Å². The van der Waals surface area contributed by atoms with Crippen molar-refractivity contribution in [3.8, 4) is 22.6 Å². The molecule has 210 valence electrons. The van der Waals surface area contributed by atoms with Gasteiger partial charge < -0.3 is 4.74 Å². The van der Waals surface area contributed by atoms with E-state index in [2.05, 4.69) is 42.0 Å². The highest BCUT2D eigenvalue weighted by atomic mass is 79.9. The minimum Gasteiger partial charge on any atom is -0.450 e. The van der Waals surface area contributed by atoms with Crippen LogP contribution in [0.4, 0.5) is 23.2 Å². The molecule has 0 aliphatic rings. The van der Waals surface area contributed by atoms with E-state index < -0.39 is 47.7 Å². The molecule has 0 aromatic heterocycles. The molecule has 8 nitrogen and oxygen atoms in total. The molecule has 39 heavy (non-hydrogen) atoms. The van der Waals surface area contributed by atoms with Gasteiger partial charge in [-0.1, -0.05) is 56.1 Å². The van der Waals surface area contributed by atoms with Gasteiger partial charge in [-0.25, -0.2) is 14.6 Å².